The third kappa shape index (κ3) is 5.25. The van der Waals surface area contributed by atoms with Crippen molar-refractivity contribution in [2.75, 3.05) is 6.61 Å². The van der Waals surface area contributed by atoms with Crippen LogP contribution in [0.1, 0.15) is 54.2 Å². The van der Waals surface area contributed by atoms with Crippen LogP contribution in [-0.2, 0) is 6.61 Å². The standard InChI is InChI=1S/C22H29NO3/c1-6-17(5)23-22(24)18-9-11-21(25-7-2)19(13-18)14-26-20-10-8-15(3)16(4)12-20/h8-13,17H,6-7,14H2,1-5H3,(H,23,24)/t17-/m1/s1. The Morgan fingerprint density at radius 1 is 1.04 bits per heavy atom. The van der Waals surface area contributed by atoms with Gasteiger partial charge in [0.05, 0.1) is 6.61 Å². The summed E-state index contributed by atoms with van der Waals surface area (Å²) in [7, 11) is 0. The molecule has 0 saturated carbocycles. The molecule has 4 heteroatoms. The van der Waals surface area contributed by atoms with E-state index < -0.39 is 0 Å². The molecule has 0 bridgehead atoms. The van der Waals surface area contributed by atoms with Crippen molar-refractivity contribution >= 4 is 5.91 Å². The van der Waals surface area contributed by atoms with Crippen LogP contribution in [0.15, 0.2) is 36.4 Å². The molecule has 140 valence electrons. The van der Waals surface area contributed by atoms with E-state index in [4.69, 9.17) is 9.47 Å². The number of amides is 1. The number of ether oxygens (including phenoxy) is 2. The smallest absolute Gasteiger partial charge is 0.251 e. The number of benzene rings is 2. The maximum atomic E-state index is 12.4. The van der Waals surface area contributed by atoms with Crippen LogP contribution in [0.25, 0.3) is 0 Å². The van der Waals surface area contributed by atoms with Crippen LogP contribution in [-0.4, -0.2) is 18.6 Å². The molecule has 0 heterocycles. The van der Waals surface area contributed by atoms with Gasteiger partial charge in [-0.3, -0.25) is 4.79 Å². The van der Waals surface area contributed by atoms with E-state index in [9.17, 15) is 4.79 Å². The molecule has 2 aromatic carbocycles. The van der Waals surface area contributed by atoms with Gasteiger partial charge in [0.1, 0.15) is 18.1 Å². The zero-order chi connectivity index (χ0) is 19.1. The maximum absolute atomic E-state index is 12.4. The molecule has 0 unspecified atom stereocenters. The van der Waals surface area contributed by atoms with Gasteiger partial charge in [0.15, 0.2) is 0 Å². The molecule has 1 N–H and O–H groups in total. The van der Waals surface area contributed by atoms with Crippen molar-refractivity contribution in [1.82, 2.24) is 5.32 Å². The fourth-order valence-electron chi connectivity index (χ4n) is 2.50. The lowest BCUT2D eigenvalue weighted by molar-refractivity contribution is 0.0939. The third-order valence-electron chi connectivity index (χ3n) is 4.49. The number of nitrogens with one attached hydrogen (secondary N) is 1. The number of carbonyl (C=O) groups is 1. The monoisotopic (exact) mass is 355 g/mol. The second kappa shape index (κ2) is 9.27. The summed E-state index contributed by atoms with van der Waals surface area (Å²) in [6, 6.07) is 11.7. The fourth-order valence-corrected chi connectivity index (χ4v) is 2.50. The Morgan fingerprint density at radius 2 is 1.81 bits per heavy atom. The average molecular weight is 355 g/mol. The van der Waals surface area contributed by atoms with Gasteiger partial charge in [0.2, 0.25) is 0 Å². The Labute approximate surface area is 156 Å². The van der Waals surface area contributed by atoms with Gasteiger partial charge in [-0.2, -0.15) is 0 Å². The molecule has 0 fully saturated rings. The minimum Gasteiger partial charge on any atom is -0.493 e. The summed E-state index contributed by atoms with van der Waals surface area (Å²) >= 11 is 0. The van der Waals surface area contributed by atoms with E-state index in [1.165, 1.54) is 11.1 Å². The van der Waals surface area contributed by atoms with Crippen LogP contribution in [0.4, 0.5) is 0 Å². The van der Waals surface area contributed by atoms with Gasteiger partial charge in [-0.1, -0.05) is 13.0 Å². The summed E-state index contributed by atoms with van der Waals surface area (Å²) in [4.78, 5) is 12.4. The SMILES string of the molecule is CCOc1ccc(C(=O)N[C@H](C)CC)cc1COc1ccc(C)c(C)c1. The summed E-state index contributed by atoms with van der Waals surface area (Å²) in [5.74, 6) is 1.48. The molecule has 0 saturated heterocycles. The Balaban J connectivity index is 2.19. The van der Waals surface area contributed by atoms with Crippen molar-refractivity contribution in [1.29, 1.82) is 0 Å². The Bertz CT molecular complexity index is 755. The van der Waals surface area contributed by atoms with Gasteiger partial charge in [0.25, 0.3) is 5.91 Å². The van der Waals surface area contributed by atoms with Gasteiger partial charge in [-0.15, -0.1) is 0 Å². The molecule has 0 aliphatic rings. The Hall–Kier alpha value is -2.49. The number of hydrogen-bond acceptors (Lipinski definition) is 3. The van der Waals surface area contributed by atoms with Crippen molar-refractivity contribution in [2.24, 2.45) is 0 Å². The highest BCUT2D eigenvalue weighted by Crippen LogP contribution is 2.24. The van der Waals surface area contributed by atoms with E-state index in [1.54, 1.807) is 6.07 Å². The number of hydrogen-bond donors (Lipinski definition) is 1. The highest BCUT2D eigenvalue weighted by molar-refractivity contribution is 5.94. The van der Waals surface area contributed by atoms with Crippen LogP contribution < -0.4 is 14.8 Å². The van der Waals surface area contributed by atoms with Crippen molar-refractivity contribution in [2.45, 2.75) is 53.7 Å². The maximum Gasteiger partial charge on any atom is 0.251 e. The average Bonchev–Trinajstić information content (AvgIpc) is 2.63. The van der Waals surface area contributed by atoms with Gasteiger partial charge < -0.3 is 14.8 Å². The van der Waals surface area contributed by atoms with E-state index in [1.807, 2.05) is 51.1 Å². The first-order valence-electron chi connectivity index (χ1n) is 9.21. The minimum absolute atomic E-state index is 0.0742. The quantitative estimate of drug-likeness (QED) is 0.739. The summed E-state index contributed by atoms with van der Waals surface area (Å²) in [5, 5.41) is 2.99. The zero-order valence-electron chi connectivity index (χ0n) is 16.4. The van der Waals surface area contributed by atoms with Crippen LogP contribution in [0, 0.1) is 13.8 Å². The Kier molecular flexibility index (Phi) is 7.07. The van der Waals surface area contributed by atoms with Gasteiger partial charge in [0, 0.05) is 17.2 Å². The summed E-state index contributed by atoms with van der Waals surface area (Å²) < 4.78 is 11.6. The number of rotatable bonds is 8. The van der Waals surface area contributed by atoms with Crippen LogP contribution >= 0.6 is 0 Å². The molecule has 2 aromatic rings. The second-order valence-corrected chi connectivity index (χ2v) is 6.57. The number of carbonyl (C=O) groups excluding carboxylic acids is 1. The van der Waals surface area contributed by atoms with Crippen molar-refractivity contribution in [3.8, 4) is 11.5 Å². The van der Waals surface area contributed by atoms with E-state index in [0.717, 1.165) is 23.5 Å². The molecule has 1 atom stereocenters. The molecule has 0 aliphatic heterocycles. The lowest BCUT2D eigenvalue weighted by atomic mass is 10.1. The van der Waals surface area contributed by atoms with Crippen LogP contribution in [0.5, 0.6) is 11.5 Å². The predicted molar refractivity (Wildman–Crippen MR) is 105 cm³/mol. The second-order valence-electron chi connectivity index (χ2n) is 6.57. The van der Waals surface area contributed by atoms with Crippen molar-refractivity contribution in [3.63, 3.8) is 0 Å². The molecular weight excluding hydrogens is 326 g/mol. The van der Waals surface area contributed by atoms with E-state index in [0.29, 0.717) is 18.8 Å². The molecule has 0 radical (unpaired) electrons. The van der Waals surface area contributed by atoms with E-state index in [2.05, 4.69) is 19.2 Å². The molecule has 0 aliphatic carbocycles. The van der Waals surface area contributed by atoms with Crippen LogP contribution in [0.3, 0.4) is 0 Å². The van der Waals surface area contributed by atoms with Crippen molar-refractivity contribution in [3.05, 3.63) is 58.7 Å². The molecule has 0 aromatic heterocycles. The lowest BCUT2D eigenvalue weighted by Crippen LogP contribution is -2.32. The molecule has 26 heavy (non-hydrogen) atoms. The highest BCUT2D eigenvalue weighted by Gasteiger charge is 2.13. The predicted octanol–water partition coefficient (Wildman–Crippen LogP) is 4.81. The summed E-state index contributed by atoms with van der Waals surface area (Å²) in [6.07, 6.45) is 0.894. The molecular formula is C22H29NO3. The van der Waals surface area contributed by atoms with Gasteiger partial charge >= 0.3 is 0 Å². The van der Waals surface area contributed by atoms with E-state index in [-0.39, 0.29) is 11.9 Å². The largest absolute Gasteiger partial charge is 0.493 e. The Morgan fingerprint density at radius 3 is 2.46 bits per heavy atom. The third-order valence-corrected chi connectivity index (χ3v) is 4.49. The highest BCUT2D eigenvalue weighted by atomic mass is 16.5. The van der Waals surface area contributed by atoms with Crippen molar-refractivity contribution < 1.29 is 14.3 Å². The molecule has 4 nitrogen and oxygen atoms in total. The van der Waals surface area contributed by atoms with Gasteiger partial charge in [-0.25, -0.2) is 0 Å². The first-order valence-corrected chi connectivity index (χ1v) is 9.21. The summed E-state index contributed by atoms with van der Waals surface area (Å²) in [6.45, 7) is 11.0. The zero-order valence-corrected chi connectivity index (χ0v) is 16.4. The fraction of sp³-hybridized carbons (Fsp3) is 0.409. The van der Waals surface area contributed by atoms with Gasteiger partial charge in [-0.05, 0) is 75.6 Å². The summed E-state index contributed by atoms with van der Waals surface area (Å²) in [5.41, 5.74) is 3.90. The minimum atomic E-state index is -0.0742. The first-order chi connectivity index (χ1) is 12.4. The molecule has 1 amide bonds. The molecule has 2 rings (SSSR count). The molecule has 0 spiro atoms. The topological polar surface area (TPSA) is 47.6 Å². The number of aryl methyl sites for hydroxylation is 2. The lowest BCUT2D eigenvalue weighted by Gasteiger charge is -2.15. The van der Waals surface area contributed by atoms with E-state index >= 15 is 0 Å². The first kappa shape index (κ1) is 19.8. The van der Waals surface area contributed by atoms with Crippen LogP contribution in [0.2, 0.25) is 0 Å². The normalized spacial score (nSPS) is 11.7.